The molecule has 1 atom stereocenters. The van der Waals surface area contributed by atoms with Gasteiger partial charge in [0.15, 0.2) is 0 Å². The SMILES string of the molecule is CN1C(=O)CCc2cc(-c3cncc(O[C@@H]4CCN(C(=O)OC(C)(C)C)C4)c3)c(F)cc21. The number of benzene rings is 1. The smallest absolute Gasteiger partial charge is 0.410 e. The van der Waals surface area contributed by atoms with Crippen molar-refractivity contribution in [1.29, 1.82) is 0 Å². The highest BCUT2D eigenvalue weighted by Gasteiger charge is 2.31. The molecule has 1 aromatic carbocycles. The van der Waals surface area contributed by atoms with Crippen LogP contribution < -0.4 is 9.64 Å². The first-order valence-corrected chi connectivity index (χ1v) is 10.8. The van der Waals surface area contributed by atoms with Crippen LogP contribution in [0.4, 0.5) is 14.9 Å². The highest BCUT2D eigenvalue weighted by molar-refractivity contribution is 5.96. The number of ether oxygens (including phenoxy) is 2. The fourth-order valence-corrected chi connectivity index (χ4v) is 4.02. The van der Waals surface area contributed by atoms with Crippen LogP contribution in [0, 0.1) is 5.82 Å². The van der Waals surface area contributed by atoms with Gasteiger partial charge >= 0.3 is 6.09 Å². The summed E-state index contributed by atoms with van der Waals surface area (Å²) in [6.45, 7) is 6.48. The van der Waals surface area contributed by atoms with Gasteiger partial charge in [-0.05, 0) is 51.0 Å². The van der Waals surface area contributed by atoms with Crippen LogP contribution in [0.1, 0.15) is 39.2 Å². The first-order valence-electron chi connectivity index (χ1n) is 10.8. The number of pyridine rings is 1. The summed E-state index contributed by atoms with van der Waals surface area (Å²) in [5.41, 5.74) is 2.01. The lowest BCUT2D eigenvalue weighted by atomic mass is 9.96. The van der Waals surface area contributed by atoms with E-state index in [-0.39, 0.29) is 18.1 Å². The van der Waals surface area contributed by atoms with Crippen LogP contribution in [0.25, 0.3) is 11.1 Å². The van der Waals surface area contributed by atoms with E-state index in [0.29, 0.717) is 54.9 Å². The quantitative estimate of drug-likeness (QED) is 0.714. The number of carbonyl (C=O) groups is 2. The number of amides is 2. The number of aryl methyl sites for hydroxylation is 1. The Morgan fingerprint density at radius 1 is 1.19 bits per heavy atom. The maximum Gasteiger partial charge on any atom is 0.410 e. The number of likely N-dealkylation sites (tertiary alicyclic amines) is 1. The molecule has 0 aliphatic carbocycles. The molecule has 0 radical (unpaired) electrons. The van der Waals surface area contributed by atoms with E-state index in [1.807, 2.05) is 20.8 Å². The van der Waals surface area contributed by atoms with Crippen LogP contribution in [0.5, 0.6) is 5.75 Å². The van der Waals surface area contributed by atoms with Crippen molar-refractivity contribution in [2.24, 2.45) is 0 Å². The number of halogens is 1. The number of rotatable bonds is 3. The van der Waals surface area contributed by atoms with Crippen LogP contribution in [-0.4, -0.2) is 53.7 Å². The number of hydrogen-bond acceptors (Lipinski definition) is 5. The molecule has 7 nitrogen and oxygen atoms in total. The average molecular weight is 442 g/mol. The predicted octanol–water partition coefficient (Wildman–Crippen LogP) is 4.18. The Bertz CT molecular complexity index is 1050. The minimum Gasteiger partial charge on any atom is -0.487 e. The van der Waals surface area contributed by atoms with Crippen molar-refractivity contribution in [1.82, 2.24) is 9.88 Å². The van der Waals surface area contributed by atoms with Crippen molar-refractivity contribution in [3.05, 3.63) is 42.0 Å². The molecule has 0 N–H and O–H groups in total. The second-order valence-electron chi connectivity index (χ2n) is 9.28. The summed E-state index contributed by atoms with van der Waals surface area (Å²) in [7, 11) is 1.66. The zero-order valence-electron chi connectivity index (χ0n) is 18.9. The van der Waals surface area contributed by atoms with Gasteiger partial charge in [-0.2, -0.15) is 0 Å². The molecule has 2 aliphatic rings. The van der Waals surface area contributed by atoms with Gasteiger partial charge < -0.3 is 19.3 Å². The predicted molar refractivity (Wildman–Crippen MR) is 118 cm³/mol. The number of hydrogen-bond donors (Lipinski definition) is 0. The fraction of sp³-hybridized carbons (Fsp3) is 0.458. The van der Waals surface area contributed by atoms with Crippen molar-refractivity contribution < 1.29 is 23.5 Å². The lowest BCUT2D eigenvalue weighted by Gasteiger charge is -2.26. The van der Waals surface area contributed by atoms with E-state index in [4.69, 9.17) is 9.47 Å². The van der Waals surface area contributed by atoms with Crippen molar-refractivity contribution >= 4 is 17.7 Å². The third-order valence-corrected chi connectivity index (χ3v) is 5.64. The molecule has 3 heterocycles. The number of nitrogens with zero attached hydrogens (tertiary/aromatic N) is 3. The molecule has 170 valence electrons. The van der Waals surface area contributed by atoms with E-state index < -0.39 is 11.4 Å². The standard InChI is InChI=1S/C24H28FN3O4/c1-24(2,3)32-23(30)28-8-7-17(14-28)31-18-9-16(12-26-13-18)19-10-15-5-6-22(29)27(4)21(15)11-20(19)25/h9-13,17H,5-8,14H2,1-4H3/t17-/m1/s1. The Hall–Kier alpha value is -3.16. The molecule has 4 rings (SSSR count). The Kier molecular flexibility index (Phi) is 5.79. The van der Waals surface area contributed by atoms with Gasteiger partial charge in [0.2, 0.25) is 5.91 Å². The summed E-state index contributed by atoms with van der Waals surface area (Å²) < 4.78 is 26.4. The first-order chi connectivity index (χ1) is 15.1. The van der Waals surface area contributed by atoms with E-state index in [2.05, 4.69) is 4.98 Å². The van der Waals surface area contributed by atoms with Gasteiger partial charge in [0.25, 0.3) is 0 Å². The lowest BCUT2D eigenvalue weighted by Crippen LogP contribution is -2.36. The van der Waals surface area contributed by atoms with Gasteiger partial charge in [0.05, 0.1) is 12.7 Å². The third-order valence-electron chi connectivity index (χ3n) is 5.64. The van der Waals surface area contributed by atoms with Gasteiger partial charge in [0.1, 0.15) is 23.3 Å². The lowest BCUT2D eigenvalue weighted by molar-refractivity contribution is -0.118. The van der Waals surface area contributed by atoms with Crippen LogP contribution >= 0.6 is 0 Å². The summed E-state index contributed by atoms with van der Waals surface area (Å²) in [5.74, 6) is 0.0860. The minimum absolute atomic E-state index is 0.0151. The number of aromatic nitrogens is 1. The van der Waals surface area contributed by atoms with Crippen molar-refractivity contribution in [2.45, 2.75) is 51.7 Å². The van der Waals surface area contributed by atoms with Gasteiger partial charge in [-0.3, -0.25) is 9.78 Å². The minimum atomic E-state index is -0.546. The van der Waals surface area contributed by atoms with Gasteiger partial charge in [-0.25, -0.2) is 9.18 Å². The van der Waals surface area contributed by atoms with Crippen LogP contribution in [-0.2, 0) is 16.0 Å². The van der Waals surface area contributed by atoms with Crippen LogP contribution in [0.3, 0.4) is 0 Å². The molecule has 8 heteroatoms. The van der Waals surface area contributed by atoms with Gasteiger partial charge in [-0.1, -0.05) is 0 Å². The monoisotopic (exact) mass is 441 g/mol. The average Bonchev–Trinajstić information content (AvgIpc) is 3.18. The van der Waals surface area contributed by atoms with Gasteiger partial charge in [-0.15, -0.1) is 0 Å². The van der Waals surface area contributed by atoms with Crippen LogP contribution in [0.2, 0.25) is 0 Å². The maximum atomic E-state index is 14.9. The normalized spacial score (nSPS) is 18.5. The summed E-state index contributed by atoms with van der Waals surface area (Å²) in [6, 6.07) is 4.95. The number of carbonyl (C=O) groups excluding carboxylic acids is 2. The second-order valence-corrected chi connectivity index (χ2v) is 9.28. The molecular formula is C24H28FN3O4. The zero-order chi connectivity index (χ0) is 23.0. The van der Waals surface area contributed by atoms with E-state index >= 15 is 0 Å². The first kappa shape index (κ1) is 22.0. The molecule has 1 saturated heterocycles. The fourth-order valence-electron chi connectivity index (χ4n) is 4.02. The molecular weight excluding hydrogens is 413 g/mol. The summed E-state index contributed by atoms with van der Waals surface area (Å²) in [5, 5.41) is 0. The molecule has 2 amide bonds. The molecule has 32 heavy (non-hydrogen) atoms. The van der Waals surface area contributed by atoms with Crippen molar-refractivity contribution in [3.63, 3.8) is 0 Å². The van der Waals surface area contributed by atoms with E-state index in [1.54, 1.807) is 36.5 Å². The van der Waals surface area contributed by atoms with Gasteiger partial charge in [0, 0.05) is 49.4 Å². The summed E-state index contributed by atoms with van der Waals surface area (Å²) in [6.07, 6.45) is 4.31. The molecule has 0 unspecified atom stereocenters. The van der Waals surface area contributed by atoms with E-state index in [0.717, 1.165) is 5.56 Å². The van der Waals surface area contributed by atoms with E-state index in [1.165, 1.54) is 11.0 Å². The Balaban J connectivity index is 1.48. The molecule has 2 aromatic rings. The molecule has 0 spiro atoms. The zero-order valence-corrected chi connectivity index (χ0v) is 18.9. The highest BCUT2D eigenvalue weighted by Crippen LogP contribution is 2.34. The topological polar surface area (TPSA) is 72.0 Å². The molecule has 0 saturated carbocycles. The Labute approximate surface area is 187 Å². The van der Waals surface area contributed by atoms with Crippen LogP contribution in [0.15, 0.2) is 30.6 Å². The summed E-state index contributed by atoms with van der Waals surface area (Å²) in [4.78, 5) is 31.5. The third kappa shape index (κ3) is 4.69. The molecule has 0 bridgehead atoms. The molecule has 2 aliphatic heterocycles. The molecule has 1 fully saturated rings. The Morgan fingerprint density at radius 2 is 1.97 bits per heavy atom. The largest absolute Gasteiger partial charge is 0.487 e. The molecule has 1 aromatic heterocycles. The van der Waals surface area contributed by atoms with E-state index in [9.17, 15) is 14.0 Å². The van der Waals surface area contributed by atoms with Crippen molar-refractivity contribution in [2.75, 3.05) is 25.0 Å². The Morgan fingerprint density at radius 3 is 2.72 bits per heavy atom. The van der Waals surface area contributed by atoms with Crippen molar-refractivity contribution in [3.8, 4) is 16.9 Å². The highest BCUT2D eigenvalue weighted by atomic mass is 19.1. The second kappa shape index (κ2) is 8.41. The maximum absolute atomic E-state index is 14.9. The summed E-state index contributed by atoms with van der Waals surface area (Å²) >= 11 is 0. The number of fused-ring (bicyclic) bond motifs is 1. The number of anilines is 1.